The third kappa shape index (κ3) is 3.50. The average molecular weight is 405 g/mol. The number of benzene rings is 1. The highest BCUT2D eigenvalue weighted by molar-refractivity contribution is 6.24. The highest BCUT2D eigenvalue weighted by atomic mass is 35.5. The zero-order chi connectivity index (χ0) is 19.9. The maximum absolute atomic E-state index is 13.3. The van der Waals surface area contributed by atoms with E-state index in [9.17, 15) is 14.4 Å². The summed E-state index contributed by atoms with van der Waals surface area (Å²) in [5, 5.41) is 4.56. The van der Waals surface area contributed by atoms with Gasteiger partial charge < -0.3 is 10.1 Å². The molecular formula is C21H25ClN2O4. The first-order valence-corrected chi connectivity index (χ1v) is 10.2. The van der Waals surface area contributed by atoms with Gasteiger partial charge in [-0.2, -0.15) is 0 Å². The number of alkyl halides is 1. The van der Waals surface area contributed by atoms with Gasteiger partial charge in [0.1, 0.15) is 0 Å². The number of ether oxygens (including phenoxy) is 1. The SMILES string of the molecule is CNC(=O)NC(=O)[C@H](OC(=O)C12C[C@H]3C[C@@H](CC(Cl)(C3)C1)C2)c1ccccc1. The average Bonchev–Trinajstić information content (AvgIpc) is 2.64. The molecule has 2 N–H and O–H groups in total. The number of hydrogen-bond donors (Lipinski definition) is 2. The molecule has 6 nitrogen and oxygen atoms in total. The van der Waals surface area contributed by atoms with E-state index in [0.29, 0.717) is 23.8 Å². The van der Waals surface area contributed by atoms with Crippen LogP contribution >= 0.6 is 11.6 Å². The maximum Gasteiger partial charge on any atom is 0.321 e. The van der Waals surface area contributed by atoms with Gasteiger partial charge in [0.05, 0.1) is 5.41 Å². The number of carbonyl (C=O) groups excluding carboxylic acids is 3. The number of rotatable bonds is 4. The van der Waals surface area contributed by atoms with Gasteiger partial charge in [-0.05, 0) is 50.4 Å². The summed E-state index contributed by atoms with van der Waals surface area (Å²) in [6.45, 7) is 0. The van der Waals surface area contributed by atoms with Gasteiger partial charge in [0.2, 0.25) is 6.10 Å². The first-order valence-electron chi connectivity index (χ1n) is 9.80. The fourth-order valence-electron chi connectivity index (χ4n) is 5.76. The number of carbonyl (C=O) groups is 3. The van der Waals surface area contributed by atoms with Crippen LogP contribution in [0.25, 0.3) is 0 Å². The summed E-state index contributed by atoms with van der Waals surface area (Å²) >= 11 is 6.83. The van der Waals surface area contributed by atoms with Gasteiger partial charge in [-0.25, -0.2) is 4.79 Å². The van der Waals surface area contributed by atoms with Crippen LogP contribution in [-0.2, 0) is 14.3 Å². The molecule has 7 heteroatoms. The highest BCUT2D eigenvalue weighted by Gasteiger charge is 2.61. The van der Waals surface area contributed by atoms with Crippen molar-refractivity contribution in [1.29, 1.82) is 0 Å². The summed E-state index contributed by atoms with van der Waals surface area (Å²) in [5.74, 6) is -0.140. The lowest BCUT2D eigenvalue weighted by Gasteiger charge is -2.58. The maximum atomic E-state index is 13.3. The van der Waals surface area contributed by atoms with E-state index in [-0.39, 0.29) is 10.8 Å². The number of halogens is 1. The molecule has 0 aromatic heterocycles. The van der Waals surface area contributed by atoms with Gasteiger partial charge in [0.15, 0.2) is 0 Å². The van der Waals surface area contributed by atoms with Crippen molar-refractivity contribution >= 4 is 29.5 Å². The normalized spacial score (nSPS) is 33.8. The van der Waals surface area contributed by atoms with Crippen molar-refractivity contribution in [1.82, 2.24) is 10.6 Å². The molecule has 3 amide bonds. The van der Waals surface area contributed by atoms with E-state index >= 15 is 0 Å². The quantitative estimate of drug-likeness (QED) is 0.595. The Labute approximate surface area is 169 Å². The molecule has 28 heavy (non-hydrogen) atoms. The molecule has 5 rings (SSSR count). The van der Waals surface area contributed by atoms with Crippen LogP contribution in [0, 0.1) is 17.3 Å². The third-order valence-electron chi connectivity index (χ3n) is 6.45. The van der Waals surface area contributed by atoms with E-state index in [4.69, 9.17) is 16.3 Å². The lowest BCUT2D eigenvalue weighted by Crippen LogP contribution is -2.56. The fraction of sp³-hybridized carbons (Fsp3) is 0.571. The first-order chi connectivity index (χ1) is 13.3. The molecule has 0 radical (unpaired) electrons. The number of esters is 1. The van der Waals surface area contributed by atoms with Crippen LogP contribution in [0.4, 0.5) is 4.79 Å². The summed E-state index contributed by atoms with van der Waals surface area (Å²) < 4.78 is 5.78. The van der Waals surface area contributed by atoms with Crippen LogP contribution in [0.2, 0.25) is 0 Å². The first kappa shape index (κ1) is 19.2. The number of hydrogen-bond acceptors (Lipinski definition) is 4. The van der Waals surface area contributed by atoms with E-state index in [1.165, 1.54) is 7.05 Å². The summed E-state index contributed by atoms with van der Waals surface area (Å²) in [6.07, 6.45) is 4.02. The Kier molecular flexibility index (Phi) is 4.86. The molecule has 0 aliphatic heterocycles. The van der Waals surface area contributed by atoms with E-state index in [1.54, 1.807) is 24.3 Å². The number of nitrogens with one attached hydrogen (secondary N) is 2. The second kappa shape index (κ2) is 7.07. The summed E-state index contributed by atoms with van der Waals surface area (Å²) in [7, 11) is 1.42. The van der Waals surface area contributed by atoms with Gasteiger partial charge >= 0.3 is 12.0 Å². The Morgan fingerprint density at radius 1 is 1.11 bits per heavy atom. The smallest absolute Gasteiger partial charge is 0.321 e. The molecular weight excluding hydrogens is 380 g/mol. The standard InChI is InChI=1S/C21H25ClN2O4/c1-23-19(27)24-17(25)16(15-5-3-2-4-6-15)28-18(26)20-8-13-7-14(9-20)11-21(22,10-13)12-20/h2-6,13-14,16H,7-12H2,1H3,(H2,23,24,25,27)/t13-,14-,16-,20?,21?/m1/s1. The van der Waals surface area contributed by atoms with Gasteiger partial charge in [-0.15, -0.1) is 11.6 Å². The van der Waals surface area contributed by atoms with Crippen LogP contribution in [0.5, 0.6) is 0 Å². The predicted molar refractivity (Wildman–Crippen MR) is 104 cm³/mol. The van der Waals surface area contributed by atoms with Crippen molar-refractivity contribution in [3.63, 3.8) is 0 Å². The number of urea groups is 1. The minimum atomic E-state index is -1.18. The van der Waals surface area contributed by atoms with Crippen LogP contribution in [0.3, 0.4) is 0 Å². The molecule has 0 heterocycles. The van der Waals surface area contributed by atoms with Crippen molar-refractivity contribution in [3.8, 4) is 0 Å². The van der Waals surface area contributed by atoms with E-state index in [2.05, 4.69) is 10.6 Å². The molecule has 4 saturated carbocycles. The Hall–Kier alpha value is -2.08. The molecule has 1 aromatic carbocycles. The van der Waals surface area contributed by atoms with E-state index in [1.807, 2.05) is 6.07 Å². The Bertz CT molecular complexity index is 783. The fourth-order valence-corrected chi connectivity index (χ4v) is 6.45. The zero-order valence-electron chi connectivity index (χ0n) is 15.9. The Morgan fingerprint density at radius 3 is 2.32 bits per heavy atom. The molecule has 3 atom stereocenters. The zero-order valence-corrected chi connectivity index (χ0v) is 16.6. The van der Waals surface area contributed by atoms with Crippen LogP contribution < -0.4 is 10.6 Å². The molecule has 0 saturated heterocycles. The van der Waals surface area contributed by atoms with Gasteiger partial charge in [0.25, 0.3) is 5.91 Å². The lowest BCUT2D eigenvalue weighted by molar-refractivity contribution is -0.178. The monoisotopic (exact) mass is 404 g/mol. The van der Waals surface area contributed by atoms with Crippen molar-refractivity contribution in [2.75, 3.05) is 7.05 Å². The van der Waals surface area contributed by atoms with Crippen LogP contribution in [-0.4, -0.2) is 29.8 Å². The Morgan fingerprint density at radius 2 is 1.75 bits per heavy atom. The van der Waals surface area contributed by atoms with Gasteiger partial charge in [-0.1, -0.05) is 30.3 Å². The second-order valence-electron chi connectivity index (χ2n) is 8.66. The summed E-state index contributed by atoms with van der Waals surface area (Å²) in [4.78, 5) is 37.3. The van der Waals surface area contributed by atoms with Crippen LogP contribution in [0.15, 0.2) is 30.3 Å². The minimum Gasteiger partial charge on any atom is -0.447 e. The highest BCUT2D eigenvalue weighted by Crippen LogP contribution is 2.64. The van der Waals surface area contributed by atoms with E-state index in [0.717, 1.165) is 32.1 Å². The van der Waals surface area contributed by atoms with Crippen molar-refractivity contribution in [2.45, 2.75) is 49.5 Å². The largest absolute Gasteiger partial charge is 0.447 e. The lowest BCUT2D eigenvalue weighted by atomic mass is 9.49. The van der Waals surface area contributed by atoms with Crippen LogP contribution in [0.1, 0.15) is 50.2 Å². The van der Waals surface area contributed by atoms with Crippen molar-refractivity contribution < 1.29 is 19.1 Å². The number of imide groups is 1. The van der Waals surface area contributed by atoms with Crippen molar-refractivity contribution in [2.24, 2.45) is 17.3 Å². The molecule has 1 aromatic rings. The molecule has 4 bridgehead atoms. The topological polar surface area (TPSA) is 84.5 Å². The summed E-state index contributed by atoms with van der Waals surface area (Å²) in [6, 6.07) is 8.13. The van der Waals surface area contributed by atoms with Gasteiger partial charge in [0, 0.05) is 17.5 Å². The number of amides is 3. The predicted octanol–water partition coefficient (Wildman–Crippen LogP) is 3.30. The van der Waals surface area contributed by atoms with E-state index < -0.39 is 23.5 Å². The third-order valence-corrected chi connectivity index (χ3v) is 6.89. The minimum absolute atomic E-state index is 0.324. The second-order valence-corrected chi connectivity index (χ2v) is 9.46. The molecule has 0 unspecified atom stereocenters. The molecule has 4 fully saturated rings. The molecule has 150 valence electrons. The van der Waals surface area contributed by atoms with Crippen molar-refractivity contribution in [3.05, 3.63) is 35.9 Å². The Balaban J connectivity index is 1.57. The molecule has 4 aliphatic rings. The molecule has 0 spiro atoms. The molecule has 4 aliphatic carbocycles. The van der Waals surface area contributed by atoms with Gasteiger partial charge in [-0.3, -0.25) is 14.9 Å². The summed E-state index contributed by atoms with van der Waals surface area (Å²) in [5.41, 5.74) is -0.0887.